The Kier molecular flexibility index (Phi) is 7.93. The second-order valence-electron chi connectivity index (χ2n) is 7.37. The molecule has 32 heavy (non-hydrogen) atoms. The summed E-state index contributed by atoms with van der Waals surface area (Å²) in [6.45, 7) is 7.67. The van der Waals surface area contributed by atoms with Gasteiger partial charge in [-0.25, -0.2) is 0 Å². The van der Waals surface area contributed by atoms with Crippen molar-refractivity contribution in [1.29, 1.82) is 0 Å². The summed E-state index contributed by atoms with van der Waals surface area (Å²) in [7, 11) is 1.55. The number of hydrogen-bond donors (Lipinski definition) is 0. The molecule has 0 aromatic heterocycles. The number of halogens is 2. The van der Waals surface area contributed by atoms with Gasteiger partial charge in [0.05, 0.1) is 12.0 Å². The number of ether oxygens (including phenoxy) is 2. The number of allylic oxidation sites excluding steroid dienone is 1. The van der Waals surface area contributed by atoms with Crippen LogP contribution in [0.3, 0.4) is 0 Å². The highest BCUT2D eigenvalue weighted by molar-refractivity contribution is 8.18. The van der Waals surface area contributed by atoms with Crippen LogP contribution in [0.15, 0.2) is 47.9 Å². The smallest absolute Gasteiger partial charge is 0.293 e. The Morgan fingerprint density at radius 1 is 1.16 bits per heavy atom. The number of rotatable bonds is 8. The first kappa shape index (κ1) is 24.2. The molecule has 2 aromatic carbocycles. The Bertz CT molecular complexity index is 1100. The van der Waals surface area contributed by atoms with Gasteiger partial charge in [-0.3, -0.25) is 14.5 Å². The van der Waals surface area contributed by atoms with Gasteiger partial charge in [0.25, 0.3) is 11.1 Å². The van der Waals surface area contributed by atoms with E-state index in [1.54, 1.807) is 37.5 Å². The Morgan fingerprint density at radius 3 is 2.50 bits per heavy atom. The van der Waals surface area contributed by atoms with Crippen molar-refractivity contribution in [2.75, 3.05) is 7.11 Å². The van der Waals surface area contributed by atoms with Crippen molar-refractivity contribution in [2.24, 2.45) is 0 Å². The van der Waals surface area contributed by atoms with Crippen molar-refractivity contribution in [3.8, 4) is 11.5 Å². The number of thioether (sulfide) groups is 1. The van der Waals surface area contributed by atoms with Crippen molar-refractivity contribution >= 4 is 52.2 Å². The lowest BCUT2D eigenvalue weighted by Gasteiger charge is -2.17. The van der Waals surface area contributed by atoms with Crippen LogP contribution < -0.4 is 9.47 Å². The van der Waals surface area contributed by atoms with E-state index in [1.807, 2.05) is 26.0 Å². The lowest BCUT2D eigenvalue weighted by Crippen LogP contribution is -2.34. The second kappa shape index (κ2) is 10.5. The number of imide groups is 1. The molecule has 0 bridgehead atoms. The summed E-state index contributed by atoms with van der Waals surface area (Å²) in [5, 5.41) is 0.795. The van der Waals surface area contributed by atoms with Crippen LogP contribution in [-0.2, 0) is 17.8 Å². The average Bonchev–Trinajstić information content (AvgIpc) is 3.01. The van der Waals surface area contributed by atoms with Crippen molar-refractivity contribution in [3.05, 3.63) is 74.6 Å². The molecule has 1 fully saturated rings. The van der Waals surface area contributed by atoms with Gasteiger partial charge >= 0.3 is 0 Å². The third-order valence-corrected chi connectivity index (χ3v) is 6.23. The first-order valence-corrected chi connectivity index (χ1v) is 11.5. The van der Waals surface area contributed by atoms with Crippen molar-refractivity contribution in [3.63, 3.8) is 0 Å². The van der Waals surface area contributed by atoms with Crippen LogP contribution in [0.1, 0.15) is 30.5 Å². The number of carbonyl (C=O) groups is 2. The van der Waals surface area contributed by atoms with Gasteiger partial charge in [-0.2, -0.15) is 0 Å². The number of hydrogen-bond acceptors (Lipinski definition) is 5. The highest BCUT2D eigenvalue weighted by Crippen LogP contribution is 2.38. The summed E-state index contributed by atoms with van der Waals surface area (Å²) < 4.78 is 11.6. The Morgan fingerprint density at radius 2 is 1.91 bits per heavy atom. The zero-order valence-electron chi connectivity index (χ0n) is 18.0. The van der Waals surface area contributed by atoms with Crippen LogP contribution in [0.25, 0.3) is 6.08 Å². The van der Waals surface area contributed by atoms with E-state index in [4.69, 9.17) is 32.7 Å². The minimum absolute atomic E-state index is 0.199. The molecule has 168 valence electrons. The minimum atomic E-state index is -0.294. The summed E-state index contributed by atoms with van der Waals surface area (Å²) in [5.41, 5.74) is 2.35. The van der Waals surface area contributed by atoms with E-state index < -0.39 is 0 Å². The van der Waals surface area contributed by atoms with E-state index in [0.29, 0.717) is 32.9 Å². The number of nitrogens with zero attached hydrogens (tertiary/aromatic N) is 1. The van der Waals surface area contributed by atoms with E-state index in [2.05, 4.69) is 6.58 Å². The molecule has 0 radical (unpaired) electrons. The maximum Gasteiger partial charge on any atom is 0.293 e. The molecule has 5 nitrogen and oxygen atoms in total. The van der Waals surface area contributed by atoms with Gasteiger partial charge in [-0.15, -0.1) is 6.58 Å². The van der Waals surface area contributed by atoms with Crippen molar-refractivity contribution in [1.82, 2.24) is 4.90 Å². The molecule has 1 saturated heterocycles. The molecule has 2 aromatic rings. The van der Waals surface area contributed by atoms with Crippen LogP contribution >= 0.6 is 35.0 Å². The average molecular weight is 492 g/mol. The molecule has 0 aliphatic carbocycles. The Balaban J connectivity index is 1.94. The molecular weight excluding hydrogens is 469 g/mol. The van der Waals surface area contributed by atoms with Gasteiger partial charge in [-0.1, -0.05) is 35.3 Å². The molecule has 0 N–H and O–H groups in total. The molecule has 1 aliphatic heterocycles. The second-order valence-corrected chi connectivity index (χ2v) is 9.21. The van der Waals surface area contributed by atoms with Gasteiger partial charge < -0.3 is 9.47 Å². The third-order valence-electron chi connectivity index (χ3n) is 4.76. The number of amides is 2. The maximum absolute atomic E-state index is 12.6. The highest BCUT2D eigenvalue weighted by Gasteiger charge is 2.36. The van der Waals surface area contributed by atoms with Gasteiger partial charge in [0.15, 0.2) is 11.5 Å². The molecule has 3 rings (SSSR count). The lowest BCUT2D eigenvalue weighted by atomic mass is 10.0. The van der Waals surface area contributed by atoms with Gasteiger partial charge in [-0.05, 0) is 67.9 Å². The molecule has 0 spiro atoms. The predicted molar refractivity (Wildman–Crippen MR) is 131 cm³/mol. The zero-order valence-corrected chi connectivity index (χ0v) is 20.3. The summed E-state index contributed by atoms with van der Waals surface area (Å²) in [6.07, 6.45) is 3.98. The topological polar surface area (TPSA) is 55.8 Å². The summed E-state index contributed by atoms with van der Waals surface area (Å²) in [6, 6.07) is 8.69. The van der Waals surface area contributed by atoms with E-state index in [-0.39, 0.29) is 23.8 Å². The van der Waals surface area contributed by atoms with Crippen molar-refractivity contribution in [2.45, 2.75) is 32.9 Å². The van der Waals surface area contributed by atoms with Gasteiger partial charge in [0.2, 0.25) is 0 Å². The SMILES string of the molecule is C=CCc1cc(/C=C2/SC(=O)N(C(C)C)C2=O)cc(OC)c1OCc1ccc(Cl)cc1Cl. The normalized spacial score (nSPS) is 15.1. The molecule has 1 aliphatic rings. The standard InChI is InChI=1S/C24H23Cl2NO4S/c1-5-6-16-9-15(11-21-23(28)27(14(2)3)24(29)32-21)10-20(30-4)22(16)31-13-17-7-8-18(25)12-19(17)26/h5,7-12,14H,1,6,13H2,2-4H3/b21-11+. The Labute approximate surface area is 202 Å². The summed E-state index contributed by atoms with van der Waals surface area (Å²) in [4.78, 5) is 26.5. The third kappa shape index (κ3) is 5.31. The first-order chi connectivity index (χ1) is 15.2. The fourth-order valence-electron chi connectivity index (χ4n) is 3.25. The van der Waals surface area contributed by atoms with E-state index in [0.717, 1.165) is 28.5 Å². The molecule has 8 heteroatoms. The van der Waals surface area contributed by atoms with Crippen LogP contribution in [0.5, 0.6) is 11.5 Å². The van der Waals surface area contributed by atoms with Gasteiger partial charge in [0, 0.05) is 27.2 Å². The Hall–Kier alpha value is -2.41. The number of benzene rings is 2. The van der Waals surface area contributed by atoms with Crippen LogP contribution in [0, 0.1) is 0 Å². The maximum atomic E-state index is 12.6. The largest absolute Gasteiger partial charge is 0.493 e. The van der Waals surface area contributed by atoms with Gasteiger partial charge in [0.1, 0.15) is 6.61 Å². The lowest BCUT2D eigenvalue weighted by molar-refractivity contribution is -0.123. The molecule has 0 atom stereocenters. The highest BCUT2D eigenvalue weighted by atomic mass is 35.5. The zero-order chi connectivity index (χ0) is 23.4. The molecule has 1 heterocycles. The molecule has 0 unspecified atom stereocenters. The van der Waals surface area contributed by atoms with E-state index in [1.165, 1.54) is 4.90 Å². The van der Waals surface area contributed by atoms with Crippen molar-refractivity contribution < 1.29 is 19.1 Å². The molecular formula is C24H23Cl2NO4S. The molecule has 2 amide bonds. The predicted octanol–water partition coefficient (Wildman–Crippen LogP) is 6.75. The van der Waals surface area contributed by atoms with E-state index >= 15 is 0 Å². The van der Waals surface area contributed by atoms with Crippen LogP contribution in [-0.4, -0.2) is 29.2 Å². The molecule has 0 saturated carbocycles. The number of carbonyl (C=O) groups excluding carboxylic acids is 2. The van der Waals surface area contributed by atoms with Crippen LogP contribution in [0.4, 0.5) is 4.79 Å². The fourth-order valence-corrected chi connectivity index (χ4v) is 4.68. The fraction of sp³-hybridized carbons (Fsp3) is 0.250. The quantitative estimate of drug-likeness (QED) is 0.301. The summed E-state index contributed by atoms with van der Waals surface area (Å²) >= 11 is 13.2. The summed E-state index contributed by atoms with van der Waals surface area (Å²) in [5.74, 6) is 0.770. The first-order valence-electron chi connectivity index (χ1n) is 9.90. The van der Waals surface area contributed by atoms with E-state index in [9.17, 15) is 9.59 Å². The van der Waals surface area contributed by atoms with Crippen LogP contribution in [0.2, 0.25) is 10.0 Å². The number of methoxy groups -OCH3 is 1. The minimum Gasteiger partial charge on any atom is -0.493 e. The monoisotopic (exact) mass is 491 g/mol.